The van der Waals surface area contributed by atoms with E-state index in [1.54, 1.807) is 4.90 Å². The fourth-order valence-corrected chi connectivity index (χ4v) is 3.97. The molecule has 0 radical (unpaired) electrons. The highest BCUT2D eigenvalue weighted by Gasteiger charge is 2.26. The van der Waals surface area contributed by atoms with Crippen LogP contribution in [0.1, 0.15) is 30.9 Å². The van der Waals surface area contributed by atoms with Crippen LogP contribution in [0.2, 0.25) is 0 Å². The Morgan fingerprint density at radius 3 is 2.06 bits per heavy atom. The van der Waals surface area contributed by atoms with Gasteiger partial charge in [-0.25, -0.2) is 4.79 Å². The van der Waals surface area contributed by atoms with Crippen molar-refractivity contribution in [3.8, 4) is 0 Å². The smallest absolute Gasteiger partial charge is 0.318 e. The monoisotopic (exact) mass is 436 g/mol. The average molecular weight is 437 g/mol. The van der Waals surface area contributed by atoms with Gasteiger partial charge in [0.2, 0.25) is 5.91 Å². The number of benzene rings is 2. The summed E-state index contributed by atoms with van der Waals surface area (Å²) in [5.41, 5.74) is 2.30. The normalized spacial score (nSPS) is 16.2. The van der Waals surface area contributed by atoms with Gasteiger partial charge >= 0.3 is 6.03 Å². The number of rotatable bonds is 9. The number of hydrogen-bond acceptors (Lipinski definition) is 3. The maximum absolute atomic E-state index is 13.2. The van der Waals surface area contributed by atoms with E-state index in [-0.39, 0.29) is 18.0 Å². The van der Waals surface area contributed by atoms with E-state index in [1.165, 1.54) is 5.56 Å². The van der Waals surface area contributed by atoms with Crippen molar-refractivity contribution in [2.24, 2.45) is 0 Å². The second-order valence-electron chi connectivity index (χ2n) is 8.62. The van der Waals surface area contributed by atoms with Crippen molar-refractivity contribution in [1.29, 1.82) is 0 Å². The van der Waals surface area contributed by atoms with Crippen LogP contribution in [0.25, 0.3) is 0 Å². The fourth-order valence-electron chi connectivity index (χ4n) is 3.97. The van der Waals surface area contributed by atoms with Crippen molar-refractivity contribution in [2.75, 3.05) is 33.2 Å². The lowest BCUT2D eigenvalue weighted by Gasteiger charge is -2.33. The first kappa shape index (κ1) is 23.8. The van der Waals surface area contributed by atoms with Gasteiger partial charge in [-0.2, -0.15) is 0 Å². The zero-order chi connectivity index (χ0) is 22.8. The average Bonchev–Trinajstić information content (AvgIpc) is 2.83. The molecule has 1 aliphatic rings. The Morgan fingerprint density at radius 2 is 1.47 bits per heavy atom. The maximum atomic E-state index is 13.2. The van der Waals surface area contributed by atoms with E-state index in [4.69, 9.17) is 0 Å². The molecule has 0 aromatic heterocycles. The van der Waals surface area contributed by atoms with Gasteiger partial charge in [0.15, 0.2) is 0 Å². The number of carbonyl (C=O) groups is 2. The summed E-state index contributed by atoms with van der Waals surface area (Å²) < 4.78 is 0. The number of hydrogen-bond donors (Lipinski definition) is 2. The molecule has 1 heterocycles. The van der Waals surface area contributed by atoms with Gasteiger partial charge in [-0.05, 0) is 37.4 Å². The summed E-state index contributed by atoms with van der Waals surface area (Å²) in [6, 6.07) is 19.5. The van der Waals surface area contributed by atoms with Crippen LogP contribution in [0.15, 0.2) is 60.7 Å². The highest BCUT2D eigenvalue weighted by Crippen LogP contribution is 2.10. The van der Waals surface area contributed by atoms with Crippen LogP contribution in [0.5, 0.6) is 0 Å². The third-order valence-corrected chi connectivity index (χ3v) is 6.15. The van der Waals surface area contributed by atoms with Gasteiger partial charge in [-0.1, -0.05) is 67.6 Å². The summed E-state index contributed by atoms with van der Waals surface area (Å²) in [6.45, 7) is 5.14. The van der Waals surface area contributed by atoms with E-state index >= 15 is 0 Å². The van der Waals surface area contributed by atoms with Crippen molar-refractivity contribution in [1.82, 2.24) is 20.4 Å². The molecular formula is C26H36N4O2. The summed E-state index contributed by atoms with van der Waals surface area (Å²) >= 11 is 0. The number of likely N-dealkylation sites (N-methyl/N-ethyl adjacent to an activating group) is 1. The minimum atomic E-state index is -0.602. The molecule has 0 spiro atoms. The zero-order valence-electron chi connectivity index (χ0n) is 19.3. The first-order valence-electron chi connectivity index (χ1n) is 11.7. The van der Waals surface area contributed by atoms with E-state index in [9.17, 15) is 9.59 Å². The number of aryl methyl sites for hydroxylation is 1. The molecule has 1 aliphatic heterocycles. The van der Waals surface area contributed by atoms with Gasteiger partial charge in [0.05, 0.1) is 0 Å². The van der Waals surface area contributed by atoms with Gasteiger partial charge < -0.3 is 20.4 Å². The van der Waals surface area contributed by atoms with E-state index in [0.717, 1.165) is 37.9 Å². The van der Waals surface area contributed by atoms with Crippen LogP contribution in [-0.4, -0.2) is 67.0 Å². The molecule has 6 heteroatoms. The van der Waals surface area contributed by atoms with Crippen LogP contribution >= 0.6 is 0 Å². The molecule has 3 rings (SSSR count). The molecule has 1 fully saturated rings. The summed E-state index contributed by atoms with van der Waals surface area (Å²) in [4.78, 5) is 30.1. The molecule has 3 amide bonds. The summed E-state index contributed by atoms with van der Waals surface area (Å²) in [7, 11) is 2.06. The number of nitrogens with zero attached hydrogens (tertiary/aromatic N) is 2. The quantitative estimate of drug-likeness (QED) is 0.635. The molecule has 172 valence electrons. The maximum Gasteiger partial charge on any atom is 0.318 e. The molecule has 32 heavy (non-hydrogen) atoms. The molecule has 0 saturated carbocycles. The number of carbonyl (C=O) groups excluding carboxylic acids is 2. The van der Waals surface area contributed by atoms with Crippen molar-refractivity contribution < 1.29 is 9.59 Å². The van der Waals surface area contributed by atoms with Crippen molar-refractivity contribution in [3.63, 3.8) is 0 Å². The Hall–Kier alpha value is -2.86. The summed E-state index contributed by atoms with van der Waals surface area (Å²) in [6.07, 6.45) is 3.11. The van der Waals surface area contributed by atoms with Gasteiger partial charge in [0, 0.05) is 38.6 Å². The molecule has 2 atom stereocenters. The molecule has 0 unspecified atom stereocenters. The first-order valence-corrected chi connectivity index (χ1v) is 11.7. The van der Waals surface area contributed by atoms with Gasteiger partial charge in [0.25, 0.3) is 0 Å². The van der Waals surface area contributed by atoms with Gasteiger partial charge in [-0.15, -0.1) is 0 Å². The molecule has 2 aromatic carbocycles. The summed E-state index contributed by atoms with van der Waals surface area (Å²) in [5.74, 6) is -0.115. The predicted octanol–water partition coefficient (Wildman–Crippen LogP) is 3.08. The Kier molecular flexibility index (Phi) is 9.11. The third-order valence-electron chi connectivity index (χ3n) is 6.15. The molecule has 6 nitrogen and oxygen atoms in total. The van der Waals surface area contributed by atoms with Crippen LogP contribution in [-0.2, 0) is 17.6 Å². The van der Waals surface area contributed by atoms with Crippen molar-refractivity contribution >= 4 is 11.9 Å². The van der Waals surface area contributed by atoms with Gasteiger partial charge in [0.1, 0.15) is 6.04 Å². The lowest BCUT2D eigenvalue weighted by molar-refractivity contribution is -0.123. The van der Waals surface area contributed by atoms with E-state index < -0.39 is 6.04 Å². The predicted molar refractivity (Wildman–Crippen MR) is 129 cm³/mol. The van der Waals surface area contributed by atoms with Crippen LogP contribution in [0.4, 0.5) is 4.79 Å². The Balaban J connectivity index is 1.62. The standard InChI is InChI=1S/C26H36N4O2/c1-3-23(15-14-21-10-6-4-7-11-21)27-25(31)24(20-22-12-8-5-9-13-22)28-26(32)30-18-16-29(2)17-19-30/h4-13,23-24H,3,14-20H2,1-2H3,(H,27,31)(H,28,32)/t23-,24+/m1/s1. The first-order chi connectivity index (χ1) is 15.5. The number of nitrogens with one attached hydrogen (secondary N) is 2. The van der Waals surface area contributed by atoms with Crippen LogP contribution in [0, 0.1) is 0 Å². The minimum absolute atomic E-state index is 0.0708. The Labute approximate surface area is 192 Å². The minimum Gasteiger partial charge on any atom is -0.352 e. The highest BCUT2D eigenvalue weighted by atomic mass is 16.2. The van der Waals surface area contributed by atoms with E-state index in [2.05, 4.69) is 41.6 Å². The Morgan fingerprint density at radius 1 is 0.875 bits per heavy atom. The topological polar surface area (TPSA) is 64.7 Å². The molecule has 1 saturated heterocycles. The second kappa shape index (κ2) is 12.2. The van der Waals surface area contributed by atoms with Crippen molar-refractivity contribution in [3.05, 3.63) is 71.8 Å². The molecular weight excluding hydrogens is 400 g/mol. The number of piperazine rings is 1. The third kappa shape index (κ3) is 7.38. The van der Waals surface area contributed by atoms with Gasteiger partial charge in [-0.3, -0.25) is 4.79 Å². The zero-order valence-corrected chi connectivity index (χ0v) is 19.3. The van der Waals surface area contributed by atoms with E-state index in [0.29, 0.717) is 19.5 Å². The molecule has 2 N–H and O–H groups in total. The largest absolute Gasteiger partial charge is 0.352 e. The highest BCUT2D eigenvalue weighted by molar-refractivity contribution is 5.87. The molecule has 2 aromatic rings. The molecule has 0 aliphatic carbocycles. The number of urea groups is 1. The Bertz CT molecular complexity index is 835. The summed E-state index contributed by atoms with van der Waals surface area (Å²) in [5, 5.41) is 6.20. The lowest BCUT2D eigenvalue weighted by Crippen LogP contribution is -2.56. The fraction of sp³-hybridized carbons (Fsp3) is 0.462. The second-order valence-corrected chi connectivity index (χ2v) is 8.62. The van der Waals surface area contributed by atoms with Crippen LogP contribution in [0.3, 0.4) is 0 Å². The van der Waals surface area contributed by atoms with Crippen molar-refractivity contribution in [2.45, 2.75) is 44.7 Å². The SMILES string of the molecule is CC[C@H](CCc1ccccc1)NC(=O)[C@H](Cc1ccccc1)NC(=O)N1CCN(C)CC1. The lowest BCUT2D eigenvalue weighted by atomic mass is 10.0. The van der Waals surface area contributed by atoms with E-state index in [1.807, 2.05) is 48.5 Å². The number of amides is 3. The molecule has 0 bridgehead atoms. The van der Waals surface area contributed by atoms with Crippen LogP contribution < -0.4 is 10.6 Å².